The van der Waals surface area contributed by atoms with Gasteiger partial charge in [-0.15, -0.1) is 0 Å². The summed E-state index contributed by atoms with van der Waals surface area (Å²) in [4.78, 5) is 11.9. The van der Waals surface area contributed by atoms with Gasteiger partial charge in [0, 0.05) is 0 Å². The monoisotopic (exact) mass is 348 g/mol. The van der Waals surface area contributed by atoms with Crippen molar-refractivity contribution in [1.29, 1.82) is 0 Å². The van der Waals surface area contributed by atoms with Crippen molar-refractivity contribution in [1.82, 2.24) is 0 Å². The second-order valence-electron chi connectivity index (χ2n) is 6.01. The number of hydrogen-bond donors (Lipinski definition) is 0. The summed E-state index contributed by atoms with van der Waals surface area (Å²) in [5, 5.41) is 0. The Balaban J connectivity index is 1.62. The van der Waals surface area contributed by atoms with Gasteiger partial charge in [-0.05, 0) is 55.8 Å². The van der Waals surface area contributed by atoms with Gasteiger partial charge < -0.3 is 4.74 Å². The number of esters is 1. The Labute approximate surface area is 117 Å². The predicted octanol–water partition coefficient (Wildman–Crippen LogP) is 3.57. The van der Waals surface area contributed by atoms with Crippen molar-refractivity contribution in [2.45, 2.75) is 55.5 Å². The molecule has 96 valence electrons. The molecule has 0 aromatic rings. The van der Waals surface area contributed by atoms with Crippen LogP contribution in [-0.4, -0.2) is 16.0 Å². The number of hydrogen-bond acceptors (Lipinski definition) is 2. The summed E-state index contributed by atoms with van der Waals surface area (Å²) >= 11 is 2.20. The lowest BCUT2D eigenvalue weighted by Gasteiger charge is -2.31. The highest BCUT2D eigenvalue weighted by Crippen LogP contribution is 2.59. The van der Waals surface area contributed by atoms with Crippen molar-refractivity contribution in [2.24, 2.45) is 23.7 Å². The molecule has 17 heavy (non-hydrogen) atoms. The van der Waals surface area contributed by atoms with Crippen LogP contribution in [0.3, 0.4) is 0 Å². The topological polar surface area (TPSA) is 26.3 Å². The van der Waals surface area contributed by atoms with E-state index in [-0.39, 0.29) is 16.0 Å². The average Bonchev–Trinajstić information content (AvgIpc) is 2.98. The van der Waals surface area contributed by atoms with Crippen LogP contribution in [0, 0.1) is 23.7 Å². The third kappa shape index (κ3) is 2.02. The van der Waals surface area contributed by atoms with Crippen molar-refractivity contribution in [2.75, 3.05) is 0 Å². The van der Waals surface area contributed by atoms with Gasteiger partial charge >= 0.3 is 5.97 Å². The van der Waals surface area contributed by atoms with Gasteiger partial charge in [-0.3, -0.25) is 4.79 Å². The van der Waals surface area contributed by atoms with Gasteiger partial charge in [-0.2, -0.15) is 0 Å². The minimum absolute atomic E-state index is 0.0280. The van der Waals surface area contributed by atoms with Gasteiger partial charge in [-0.1, -0.05) is 35.9 Å². The quantitative estimate of drug-likeness (QED) is 0.443. The van der Waals surface area contributed by atoms with Gasteiger partial charge in [0.2, 0.25) is 0 Å². The summed E-state index contributed by atoms with van der Waals surface area (Å²) in [6.07, 6.45) is 7.88. The van der Waals surface area contributed by atoms with E-state index in [9.17, 15) is 4.79 Å². The molecule has 0 amide bonds. The summed E-state index contributed by atoms with van der Waals surface area (Å²) in [7, 11) is 0. The third-order valence-electron chi connectivity index (χ3n) is 5.25. The number of carbonyl (C=O) groups is 1. The Morgan fingerprint density at radius 2 is 2.06 bits per heavy atom. The summed E-state index contributed by atoms with van der Waals surface area (Å²) in [5.74, 6) is 3.48. The molecule has 0 N–H and O–H groups in total. The van der Waals surface area contributed by atoms with Crippen LogP contribution in [0.5, 0.6) is 0 Å². The molecule has 3 saturated carbocycles. The number of carbonyl (C=O) groups excluding carboxylic acids is 1. The number of rotatable bonds is 3. The Kier molecular flexibility index (Phi) is 3.39. The SMILES string of the molecule is CCC(I)C(=O)OC1CC2CC1C1CCCC21. The summed E-state index contributed by atoms with van der Waals surface area (Å²) in [6.45, 7) is 2.05. The van der Waals surface area contributed by atoms with Gasteiger partial charge in [0.05, 0.1) is 0 Å². The minimum atomic E-state index is 0.0280. The van der Waals surface area contributed by atoms with Crippen LogP contribution >= 0.6 is 22.6 Å². The Morgan fingerprint density at radius 1 is 1.29 bits per heavy atom. The van der Waals surface area contributed by atoms with Gasteiger partial charge in [0.25, 0.3) is 0 Å². The second kappa shape index (κ2) is 4.71. The first kappa shape index (κ1) is 12.2. The van der Waals surface area contributed by atoms with E-state index >= 15 is 0 Å². The standard InChI is InChI=1S/C14H21IO2/c1-2-12(15)14(16)17-13-7-8-6-11(13)10-5-3-4-9(8)10/h8-13H,2-7H2,1H3. The predicted molar refractivity (Wildman–Crippen MR) is 75.0 cm³/mol. The fraction of sp³-hybridized carbons (Fsp3) is 0.929. The molecule has 3 aliphatic rings. The van der Waals surface area contributed by atoms with E-state index in [1.807, 2.05) is 6.92 Å². The fourth-order valence-corrected chi connectivity index (χ4v) is 4.68. The second-order valence-corrected chi connectivity index (χ2v) is 7.51. The van der Waals surface area contributed by atoms with Gasteiger partial charge in [-0.25, -0.2) is 0 Å². The summed E-state index contributed by atoms with van der Waals surface area (Å²) in [5.41, 5.74) is 0. The van der Waals surface area contributed by atoms with Crippen LogP contribution in [-0.2, 0) is 9.53 Å². The molecule has 6 unspecified atom stereocenters. The maximum absolute atomic E-state index is 11.9. The minimum Gasteiger partial charge on any atom is -0.461 e. The Bertz CT molecular complexity index is 317. The Morgan fingerprint density at radius 3 is 2.82 bits per heavy atom. The number of fused-ring (bicyclic) bond motifs is 5. The molecule has 2 bridgehead atoms. The maximum atomic E-state index is 11.9. The van der Waals surface area contributed by atoms with Gasteiger partial charge in [0.15, 0.2) is 0 Å². The van der Waals surface area contributed by atoms with Crippen LogP contribution in [0.25, 0.3) is 0 Å². The first-order valence-corrected chi connectivity index (χ1v) is 8.29. The van der Waals surface area contributed by atoms with E-state index in [0.29, 0.717) is 5.92 Å². The molecule has 0 spiro atoms. The lowest BCUT2D eigenvalue weighted by Crippen LogP contribution is -2.34. The zero-order valence-corrected chi connectivity index (χ0v) is 12.6. The van der Waals surface area contributed by atoms with E-state index in [1.54, 1.807) is 0 Å². The molecule has 3 heteroatoms. The molecule has 0 aromatic carbocycles. The molecular weight excluding hydrogens is 327 g/mol. The van der Waals surface area contributed by atoms with Crippen molar-refractivity contribution < 1.29 is 9.53 Å². The molecule has 3 aliphatic carbocycles. The summed E-state index contributed by atoms with van der Waals surface area (Å²) < 4.78 is 5.81. The van der Waals surface area contributed by atoms with Crippen LogP contribution < -0.4 is 0 Å². The molecule has 0 aliphatic heterocycles. The lowest BCUT2D eigenvalue weighted by molar-refractivity contribution is -0.152. The largest absolute Gasteiger partial charge is 0.461 e. The van der Waals surface area contributed by atoms with E-state index in [2.05, 4.69) is 22.6 Å². The van der Waals surface area contributed by atoms with Crippen molar-refractivity contribution in [3.05, 3.63) is 0 Å². The third-order valence-corrected chi connectivity index (χ3v) is 6.64. The Hall–Kier alpha value is 0.200. The average molecular weight is 348 g/mol. The lowest BCUT2D eigenvalue weighted by atomic mass is 9.80. The van der Waals surface area contributed by atoms with Crippen LogP contribution in [0.4, 0.5) is 0 Å². The van der Waals surface area contributed by atoms with Crippen molar-refractivity contribution in [3.63, 3.8) is 0 Å². The maximum Gasteiger partial charge on any atom is 0.319 e. The fourth-order valence-electron chi connectivity index (χ4n) is 4.53. The molecule has 6 atom stereocenters. The number of halogens is 1. The van der Waals surface area contributed by atoms with E-state index in [1.165, 1.54) is 25.7 Å². The smallest absolute Gasteiger partial charge is 0.319 e. The normalized spacial score (nSPS) is 44.7. The molecule has 2 nitrogen and oxygen atoms in total. The molecule has 0 heterocycles. The van der Waals surface area contributed by atoms with Gasteiger partial charge in [0.1, 0.15) is 10.0 Å². The van der Waals surface area contributed by atoms with Crippen LogP contribution in [0.15, 0.2) is 0 Å². The zero-order chi connectivity index (χ0) is 12.0. The molecule has 3 rings (SSSR count). The molecule has 0 aromatic heterocycles. The van der Waals surface area contributed by atoms with E-state index in [0.717, 1.165) is 30.6 Å². The molecule has 0 radical (unpaired) electrons. The first-order valence-electron chi connectivity index (χ1n) is 7.05. The molecule has 3 fully saturated rings. The van der Waals surface area contributed by atoms with E-state index < -0.39 is 0 Å². The van der Waals surface area contributed by atoms with Crippen LogP contribution in [0.2, 0.25) is 0 Å². The molecular formula is C14H21IO2. The van der Waals surface area contributed by atoms with Crippen molar-refractivity contribution in [3.8, 4) is 0 Å². The zero-order valence-electron chi connectivity index (χ0n) is 10.4. The highest BCUT2D eigenvalue weighted by atomic mass is 127. The summed E-state index contributed by atoms with van der Waals surface area (Å²) in [6, 6.07) is 0. The highest BCUT2D eigenvalue weighted by molar-refractivity contribution is 14.1. The number of alkyl halides is 1. The number of ether oxygens (including phenoxy) is 1. The first-order chi connectivity index (χ1) is 8.20. The highest BCUT2D eigenvalue weighted by Gasteiger charge is 2.55. The molecule has 0 saturated heterocycles. The van der Waals surface area contributed by atoms with Crippen LogP contribution in [0.1, 0.15) is 45.4 Å². The van der Waals surface area contributed by atoms with Crippen molar-refractivity contribution >= 4 is 28.6 Å². The van der Waals surface area contributed by atoms with E-state index in [4.69, 9.17) is 4.74 Å².